The van der Waals surface area contributed by atoms with Crippen LogP contribution in [0.1, 0.15) is 6.42 Å². The van der Waals surface area contributed by atoms with Crippen molar-refractivity contribution < 1.29 is 0 Å². The fraction of sp³-hybridized carbons (Fsp3) is 1.00. The molecule has 0 aliphatic carbocycles. The van der Waals surface area contributed by atoms with Crippen LogP contribution in [0.2, 0.25) is 0 Å². The molecule has 0 saturated carbocycles. The molecule has 0 heterocycles. The van der Waals surface area contributed by atoms with Crippen molar-refractivity contribution in [2.45, 2.75) is 6.42 Å². The van der Waals surface area contributed by atoms with Crippen LogP contribution in [0.5, 0.6) is 0 Å². The molecule has 0 spiro atoms. The topological polar surface area (TPSA) is 6.48 Å². The fourth-order valence-corrected chi connectivity index (χ4v) is 1.43. The Kier molecular flexibility index (Phi) is 8.39. The fourth-order valence-electron chi connectivity index (χ4n) is 0.408. The first-order valence-corrected chi connectivity index (χ1v) is 5.48. The largest absolute Gasteiger partial charge is 0.251 e. The van der Waals surface area contributed by atoms with Gasteiger partial charge in [0, 0.05) is 81.7 Å². The number of nitrogens with zero attached hydrogens (tertiary/aromatic N) is 2. The van der Waals surface area contributed by atoms with Crippen LogP contribution in [0.4, 0.5) is 0 Å². The van der Waals surface area contributed by atoms with Gasteiger partial charge in [0.05, 0.1) is 0 Å². The van der Waals surface area contributed by atoms with Crippen molar-refractivity contribution in [3.63, 3.8) is 0 Å². The number of hydrogen-bond donors (Lipinski definition) is 0. The van der Waals surface area contributed by atoms with Crippen LogP contribution in [0.3, 0.4) is 0 Å². The molecule has 9 heavy (non-hydrogen) atoms. The Hall–Kier alpha value is 2.11. The van der Waals surface area contributed by atoms with Crippen molar-refractivity contribution in [1.82, 2.24) is 4.44 Å². The van der Waals surface area contributed by atoms with Crippen LogP contribution >= 0.6 is 68.6 Å². The van der Waals surface area contributed by atoms with Gasteiger partial charge in [0.1, 0.15) is 0 Å². The summed E-state index contributed by atoms with van der Waals surface area (Å²) in [6, 6.07) is 0. The zero-order chi connectivity index (χ0) is 7.28. The van der Waals surface area contributed by atoms with E-state index in [1.165, 1.54) is 13.0 Å². The highest BCUT2D eigenvalue weighted by atomic mass is 127. The molecule has 0 amide bonds. The average molecular weight is 466 g/mol. The highest BCUT2D eigenvalue weighted by Gasteiger charge is 1.94. The van der Waals surface area contributed by atoms with Gasteiger partial charge in [0.25, 0.3) is 0 Å². The van der Waals surface area contributed by atoms with Crippen LogP contribution in [-0.2, 0) is 0 Å². The van der Waals surface area contributed by atoms with Crippen molar-refractivity contribution in [2.24, 2.45) is 0 Å². The molecule has 0 saturated heterocycles. The van der Waals surface area contributed by atoms with Crippen LogP contribution in [0.15, 0.2) is 0 Å². The Morgan fingerprint density at radius 1 is 1.11 bits per heavy atom. The van der Waals surface area contributed by atoms with E-state index in [2.05, 4.69) is 80.1 Å². The van der Waals surface area contributed by atoms with Gasteiger partial charge in [-0.15, -0.1) is 0 Å². The van der Waals surface area contributed by atoms with Crippen molar-refractivity contribution in [3.8, 4) is 0 Å². The minimum absolute atomic E-state index is 1.16. The lowest BCUT2D eigenvalue weighted by atomic mass is 10.4. The first-order valence-electron chi connectivity index (χ1n) is 2.59. The van der Waals surface area contributed by atoms with Crippen molar-refractivity contribution in [1.29, 1.82) is 0 Å². The lowest BCUT2D eigenvalue weighted by molar-refractivity contribution is 0.563. The van der Waals surface area contributed by atoms with Gasteiger partial charge in [-0.25, -0.2) is 0 Å². The van der Waals surface area contributed by atoms with Crippen LogP contribution < -0.4 is 0 Å². The molecule has 0 aliphatic rings. The Morgan fingerprint density at radius 2 is 1.67 bits per heavy atom. The highest BCUT2D eigenvalue weighted by molar-refractivity contribution is 14.2. The van der Waals surface area contributed by atoms with E-state index < -0.39 is 0 Å². The summed E-state index contributed by atoms with van der Waals surface area (Å²) in [7, 11) is 2.09. The van der Waals surface area contributed by atoms with Gasteiger partial charge in [0.15, 0.2) is 0 Å². The molecule has 0 aromatic carbocycles. The maximum atomic E-state index is 2.30. The molecule has 0 aromatic heterocycles. The number of hydrogen-bond acceptors (Lipinski definition) is 2. The van der Waals surface area contributed by atoms with E-state index in [0.29, 0.717) is 0 Å². The van der Waals surface area contributed by atoms with Crippen molar-refractivity contribution in [2.75, 3.05) is 20.1 Å². The minimum atomic E-state index is 1.16. The predicted molar refractivity (Wildman–Crippen MR) is 66.0 cm³/mol. The molecular weight excluding hydrogens is 457 g/mol. The maximum absolute atomic E-state index is 2.30. The Labute approximate surface area is 98.2 Å². The zero-order valence-corrected chi connectivity index (χ0v) is 11.6. The predicted octanol–water partition coefficient (Wildman–Crippen LogP) is 2.66. The molecule has 2 nitrogen and oxygen atoms in total. The molecule has 5 heteroatoms. The van der Waals surface area contributed by atoms with E-state index >= 15 is 0 Å². The standard InChI is InChI=1S/C4H9I3N2/c1-8(5)3-2-4-9(6)7/h2-4H2,1H3. The van der Waals surface area contributed by atoms with Gasteiger partial charge in [-0.2, -0.15) is 1.33 Å². The van der Waals surface area contributed by atoms with E-state index in [1.54, 1.807) is 0 Å². The molecule has 0 rings (SSSR count). The summed E-state index contributed by atoms with van der Waals surface area (Å²) in [5.74, 6) is 0. The smallest absolute Gasteiger partial charge is 0.0308 e. The second-order valence-electron chi connectivity index (χ2n) is 1.71. The van der Waals surface area contributed by atoms with Crippen LogP contribution in [-0.4, -0.2) is 24.6 Å². The van der Waals surface area contributed by atoms with E-state index in [0.717, 1.165) is 6.54 Å². The minimum Gasteiger partial charge on any atom is -0.251 e. The molecule has 0 atom stereocenters. The van der Waals surface area contributed by atoms with E-state index in [-0.39, 0.29) is 0 Å². The summed E-state index contributed by atoms with van der Waals surface area (Å²) in [4.78, 5) is 0. The molecule has 0 unspecified atom stereocenters. The molecule has 0 aliphatic heterocycles. The second-order valence-corrected chi connectivity index (χ2v) is 7.53. The van der Waals surface area contributed by atoms with Gasteiger partial charge >= 0.3 is 0 Å². The molecular formula is C4H9I3N2. The summed E-state index contributed by atoms with van der Waals surface area (Å²) >= 11 is 6.88. The third kappa shape index (κ3) is 10.1. The first-order chi connectivity index (χ1) is 4.13. The molecule has 0 aromatic rings. The number of rotatable bonds is 4. The molecule has 0 fully saturated rings. The number of halogens is 3. The normalized spacial score (nSPS) is 11.3. The van der Waals surface area contributed by atoms with Crippen LogP contribution in [0, 0.1) is 0 Å². The van der Waals surface area contributed by atoms with Gasteiger partial charge < -0.3 is 0 Å². The SMILES string of the molecule is CN(I)CCCN(I)I. The third-order valence-corrected chi connectivity index (χ3v) is 2.24. The van der Waals surface area contributed by atoms with Gasteiger partial charge in [0.2, 0.25) is 0 Å². The summed E-state index contributed by atoms with van der Waals surface area (Å²) in [6.07, 6.45) is 1.24. The first kappa shape index (κ1) is 11.1. The lowest BCUT2D eigenvalue weighted by Gasteiger charge is -2.07. The quantitative estimate of drug-likeness (QED) is 0.465. The third-order valence-electron chi connectivity index (χ3n) is 0.793. The van der Waals surface area contributed by atoms with E-state index in [1.807, 2.05) is 0 Å². The van der Waals surface area contributed by atoms with Crippen LogP contribution in [0.25, 0.3) is 0 Å². The summed E-state index contributed by atoms with van der Waals surface area (Å²) in [5.41, 5.74) is 0. The van der Waals surface area contributed by atoms with E-state index in [4.69, 9.17) is 0 Å². The zero-order valence-electron chi connectivity index (χ0n) is 5.15. The molecule has 0 radical (unpaired) electrons. The van der Waals surface area contributed by atoms with Gasteiger partial charge in [-0.3, -0.25) is 3.11 Å². The van der Waals surface area contributed by atoms with Gasteiger partial charge in [-0.05, 0) is 13.5 Å². The average Bonchev–Trinajstić information content (AvgIpc) is 1.63. The second kappa shape index (κ2) is 6.80. The Bertz CT molecular complexity index is 58.8. The highest BCUT2D eigenvalue weighted by Crippen LogP contribution is 2.07. The van der Waals surface area contributed by atoms with E-state index in [9.17, 15) is 0 Å². The summed E-state index contributed by atoms with van der Waals surface area (Å²) < 4.78 is 4.32. The lowest BCUT2D eigenvalue weighted by Crippen LogP contribution is -2.10. The van der Waals surface area contributed by atoms with Crippen molar-refractivity contribution >= 4 is 68.6 Å². The molecule has 0 N–H and O–H groups in total. The maximum Gasteiger partial charge on any atom is 0.0308 e. The van der Waals surface area contributed by atoms with Crippen molar-refractivity contribution in [3.05, 3.63) is 0 Å². The molecule has 0 bridgehead atoms. The monoisotopic (exact) mass is 466 g/mol. The summed E-state index contributed by atoms with van der Waals surface area (Å²) in [5, 5.41) is 0. The Morgan fingerprint density at radius 3 is 2.00 bits per heavy atom. The van der Waals surface area contributed by atoms with Gasteiger partial charge in [-0.1, -0.05) is 0 Å². The molecule has 56 valence electrons. The Balaban J connectivity index is 2.91. The summed E-state index contributed by atoms with van der Waals surface area (Å²) in [6.45, 7) is 2.33.